The van der Waals surface area contributed by atoms with Crippen molar-refractivity contribution in [3.63, 3.8) is 0 Å². The average molecular weight is 256 g/mol. The molecule has 0 unspecified atom stereocenters. The van der Waals surface area contributed by atoms with Crippen molar-refractivity contribution in [2.24, 2.45) is 5.73 Å². The zero-order valence-electron chi connectivity index (χ0n) is 9.44. The molecule has 0 fully saturated rings. The Morgan fingerprint density at radius 3 is 2.67 bits per heavy atom. The van der Waals surface area contributed by atoms with Crippen molar-refractivity contribution in [1.82, 2.24) is 0 Å². The van der Waals surface area contributed by atoms with Gasteiger partial charge in [0, 0.05) is 12.1 Å². The number of benzene rings is 1. The molecule has 0 aliphatic heterocycles. The van der Waals surface area contributed by atoms with Gasteiger partial charge in [0.2, 0.25) is 0 Å². The third kappa shape index (κ3) is 2.73. The summed E-state index contributed by atoms with van der Waals surface area (Å²) in [6, 6.07) is 4.07. The predicted octanol–water partition coefficient (Wildman–Crippen LogP) is 1.40. The Hall–Kier alpha value is -2.20. The van der Waals surface area contributed by atoms with Crippen LogP contribution >= 0.6 is 0 Å². The van der Waals surface area contributed by atoms with Crippen molar-refractivity contribution in [3.05, 3.63) is 28.8 Å². The molecule has 96 valence electrons. The fourth-order valence-electron chi connectivity index (χ4n) is 1.45. The van der Waals surface area contributed by atoms with Gasteiger partial charge in [0.05, 0.1) is 18.2 Å². The molecule has 0 aliphatic carbocycles. The Kier molecular flexibility index (Phi) is 4.57. The topological polar surface area (TPSA) is 85.3 Å². The highest BCUT2D eigenvalue weighted by molar-refractivity contribution is 5.93. The fourth-order valence-corrected chi connectivity index (χ4v) is 1.45. The van der Waals surface area contributed by atoms with E-state index in [0.29, 0.717) is 0 Å². The number of ether oxygens (including phenoxy) is 2. The van der Waals surface area contributed by atoms with Gasteiger partial charge in [-0.15, -0.1) is 0 Å². The van der Waals surface area contributed by atoms with E-state index < -0.39 is 12.6 Å². The van der Waals surface area contributed by atoms with Crippen LogP contribution in [-0.4, -0.2) is 19.7 Å². The second-order valence-corrected chi connectivity index (χ2v) is 3.15. The molecule has 0 atom stereocenters. The number of carbonyl (C=O) groups excluding carboxylic acids is 1. The monoisotopic (exact) mass is 256 g/mol. The number of rotatable bonds is 4. The minimum atomic E-state index is -3.04. The molecule has 7 heteroatoms. The molecule has 0 aliphatic rings. The summed E-state index contributed by atoms with van der Waals surface area (Å²) in [5, 5.41) is 8.98. The minimum absolute atomic E-state index is 0.0398. The molecular formula is C11H10F2N2O3. The molecule has 1 rings (SSSR count). The van der Waals surface area contributed by atoms with E-state index >= 15 is 0 Å². The molecule has 0 radical (unpaired) electrons. The molecule has 0 spiro atoms. The van der Waals surface area contributed by atoms with Crippen LogP contribution in [0.1, 0.15) is 21.5 Å². The number of hydrogen-bond acceptors (Lipinski definition) is 5. The molecule has 0 amide bonds. The van der Waals surface area contributed by atoms with Gasteiger partial charge in [0.1, 0.15) is 11.8 Å². The normalized spacial score (nSPS) is 10.0. The van der Waals surface area contributed by atoms with E-state index in [2.05, 4.69) is 9.47 Å². The van der Waals surface area contributed by atoms with Crippen molar-refractivity contribution >= 4 is 5.97 Å². The molecule has 1 aromatic carbocycles. The Balaban J connectivity index is 3.37. The van der Waals surface area contributed by atoms with E-state index in [1.165, 1.54) is 6.07 Å². The number of halogens is 2. The second kappa shape index (κ2) is 5.93. The van der Waals surface area contributed by atoms with Crippen LogP contribution < -0.4 is 10.5 Å². The molecular weight excluding hydrogens is 246 g/mol. The van der Waals surface area contributed by atoms with Crippen molar-refractivity contribution < 1.29 is 23.0 Å². The third-order valence-electron chi connectivity index (χ3n) is 2.21. The van der Waals surface area contributed by atoms with Crippen LogP contribution in [0.2, 0.25) is 0 Å². The second-order valence-electron chi connectivity index (χ2n) is 3.15. The molecule has 0 saturated carbocycles. The number of nitriles is 1. The van der Waals surface area contributed by atoms with Crippen LogP contribution in [0, 0.1) is 11.3 Å². The fraction of sp³-hybridized carbons (Fsp3) is 0.273. The first kappa shape index (κ1) is 13.9. The molecule has 0 bridgehead atoms. The zero-order chi connectivity index (χ0) is 13.7. The summed E-state index contributed by atoms with van der Waals surface area (Å²) < 4.78 is 33.0. The maximum atomic E-state index is 12.2. The molecule has 0 heterocycles. The summed E-state index contributed by atoms with van der Waals surface area (Å²) in [6.07, 6.45) is 0. The highest BCUT2D eigenvalue weighted by Crippen LogP contribution is 2.26. The maximum Gasteiger partial charge on any atom is 0.387 e. The highest BCUT2D eigenvalue weighted by atomic mass is 19.3. The third-order valence-corrected chi connectivity index (χ3v) is 2.21. The number of carbonyl (C=O) groups is 1. The molecule has 0 saturated heterocycles. The van der Waals surface area contributed by atoms with Gasteiger partial charge in [-0.1, -0.05) is 0 Å². The number of alkyl halides is 2. The quantitative estimate of drug-likeness (QED) is 0.823. The molecule has 0 aromatic heterocycles. The van der Waals surface area contributed by atoms with Crippen LogP contribution in [0.4, 0.5) is 8.78 Å². The van der Waals surface area contributed by atoms with Gasteiger partial charge < -0.3 is 15.2 Å². The summed E-state index contributed by atoms with van der Waals surface area (Å²) in [5.41, 5.74) is 5.26. The lowest BCUT2D eigenvalue weighted by atomic mass is 10.0. The van der Waals surface area contributed by atoms with Crippen molar-refractivity contribution in [2.75, 3.05) is 7.11 Å². The molecule has 1 aromatic rings. The number of nitrogens with two attached hydrogens (primary N) is 1. The van der Waals surface area contributed by atoms with E-state index in [9.17, 15) is 13.6 Å². The number of methoxy groups -OCH3 is 1. The summed E-state index contributed by atoms with van der Waals surface area (Å²) in [5.74, 6) is -0.971. The van der Waals surface area contributed by atoms with E-state index in [4.69, 9.17) is 11.0 Å². The lowest BCUT2D eigenvalue weighted by Crippen LogP contribution is -2.12. The molecule has 18 heavy (non-hydrogen) atoms. The van der Waals surface area contributed by atoms with Gasteiger partial charge in [-0.2, -0.15) is 14.0 Å². The van der Waals surface area contributed by atoms with Gasteiger partial charge in [-0.05, 0) is 12.1 Å². The van der Waals surface area contributed by atoms with Gasteiger partial charge in [-0.25, -0.2) is 4.79 Å². The van der Waals surface area contributed by atoms with Crippen LogP contribution in [0.3, 0.4) is 0 Å². The van der Waals surface area contributed by atoms with Crippen molar-refractivity contribution in [2.45, 2.75) is 13.2 Å². The largest absolute Gasteiger partial charge is 0.465 e. The predicted molar refractivity (Wildman–Crippen MR) is 57.0 cm³/mol. The van der Waals surface area contributed by atoms with Crippen molar-refractivity contribution in [1.29, 1.82) is 5.26 Å². The van der Waals surface area contributed by atoms with E-state index in [-0.39, 0.29) is 29.0 Å². The lowest BCUT2D eigenvalue weighted by Gasteiger charge is -2.12. The Morgan fingerprint density at radius 2 is 2.22 bits per heavy atom. The maximum absolute atomic E-state index is 12.2. The smallest absolute Gasteiger partial charge is 0.387 e. The van der Waals surface area contributed by atoms with E-state index in [1.807, 2.05) is 0 Å². The number of esters is 1. The van der Waals surface area contributed by atoms with Crippen molar-refractivity contribution in [3.8, 4) is 11.8 Å². The number of nitrogens with zero attached hydrogens (tertiary/aromatic N) is 1. The van der Waals surface area contributed by atoms with Crippen LogP contribution in [0.25, 0.3) is 0 Å². The molecule has 2 N–H and O–H groups in total. The van der Waals surface area contributed by atoms with Gasteiger partial charge in [-0.3, -0.25) is 0 Å². The first-order valence-corrected chi connectivity index (χ1v) is 4.84. The SMILES string of the molecule is COC(=O)c1ccc(OC(F)F)c(CN)c1C#N. The number of hydrogen-bond donors (Lipinski definition) is 1. The Morgan fingerprint density at radius 1 is 1.56 bits per heavy atom. The average Bonchev–Trinajstić information content (AvgIpc) is 2.36. The first-order chi connectivity index (χ1) is 8.54. The van der Waals surface area contributed by atoms with E-state index in [1.54, 1.807) is 6.07 Å². The van der Waals surface area contributed by atoms with Gasteiger partial charge in [0.15, 0.2) is 0 Å². The van der Waals surface area contributed by atoms with E-state index in [0.717, 1.165) is 13.2 Å². The van der Waals surface area contributed by atoms with Crippen LogP contribution in [0.5, 0.6) is 5.75 Å². The summed E-state index contributed by atoms with van der Waals surface area (Å²) in [6.45, 7) is -3.25. The van der Waals surface area contributed by atoms with Gasteiger partial charge in [0.25, 0.3) is 0 Å². The standard InChI is InChI=1S/C11H10F2N2O3/c1-17-10(16)6-2-3-9(18-11(12)13)8(5-15)7(6)4-14/h2-3,11H,5,15H2,1H3. The summed E-state index contributed by atoms with van der Waals surface area (Å²) in [4.78, 5) is 11.4. The highest BCUT2D eigenvalue weighted by Gasteiger charge is 2.20. The van der Waals surface area contributed by atoms with Gasteiger partial charge >= 0.3 is 12.6 Å². The Bertz CT molecular complexity index is 498. The lowest BCUT2D eigenvalue weighted by molar-refractivity contribution is -0.0504. The zero-order valence-corrected chi connectivity index (χ0v) is 9.44. The Labute approximate surface area is 102 Å². The summed E-state index contributed by atoms with van der Waals surface area (Å²) in [7, 11) is 1.15. The van der Waals surface area contributed by atoms with Crippen LogP contribution in [0.15, 0.2) is 12.1 Å². The first-order valence-electron chi connectivity index (χ1n) is 4.84. The summed E-state index contributed by atoms with van der Waals surface area (Å²) >= 11 is 0. The minimum Gasteiger partial charge on any atom is -0.465 e. The van der Waals surface area contributed by atoms with Crippen LogP contribution in [-0.2, 0) is 11.3 Å². The molecule has 5 nitrogen and oxygen atoms in total.